The summed E-state index contributed by atoms with van der Waals surface area (Å²) < 4.78 is 0. The summed E-state index contributed by atoms with van der Waals surface area (Å²) in [5.41, 5.74) is 4.78. The zero-order valence-corrected chi connectivity index (χ0v) is 15.0. The molecule has 0 atom stereocenters. The molecule has 0 fully saturated rings. The summed E-state index contributed by atoms with van der Waals surface area (Å²) >= 11 is 0. The first kappa shape index (κ1) is 16.3. The molecular formula is C24H17N3O. The number of hydrogen-bond acceptors (Lipinski definition) is 3. The number of benzene rings is 3. The minimum absolute atomic E-state index is 0.244. The van der Waals surface area contributed by atoms with Gasteiger partial charge in [-0.25, -0.2) is 4.98 Å². The summed E-state index contributed by atoms with van der Waals surface area (Å²) in [5.74, 6) is 1.05. The van der Waals surface area contributed by atoms with Crippen molar-refractivity contribution in [2.75, 3.05) is 0 Å². The van der Waals surface area contributed by atoms with Gasteiger partial charge in [-0.3, -0.25) is 4.98 Å². The molecule has 0 saturated heterocycles. The highest BCUT2D eigenvalue weighted by Crippen LogP contribution is 2.37. The van der Waals surface area contributed by atoms with Crippen molar-refractivity contribution in [3.63, 3.8) is 0 Å². The van der Waals surface area contributed by atoms with Gasteiger partial charge in [-0.2, -0.15) is 0 Å². The number of pyridine rings is 1. The lowest BCUT2D eigenvalue weighted by atomic mass is 9.99. The van der Waals surface area contributed by atoms with Crippen molar-refractivity contribution >= 4 is 10.8 Å². The standard InChI is InChI=1S/C24H17N3O/c28-19-10-9-16-7-4-8-20(21(16)15-19)23-22(17-11-13-25-14-12-17)26-24(27-23)18-5-2-1-3-6-18/h1-15,28H,(H,26,27). The fourth-order valence-corrected chi connectivity index (χ4v) is 3.50. The van der Waals surface area contributed by atoms with Gasteiger partial charge < -0.3 is 10.1 Å². The first-order valence-electron chi connectivity index (χ1n) is 9.07. The summed E-state index contributed by atoms with van der Waals surface area (Å²) in [6.07, 6.45) is 3.54. The van der Waals surface area contributed by atoms with E-state index >= 15 is 0 Å². The summed E-state index contributed by atoms with van der Waals surface area (Å²) in [7, 11) is 0. The lowest BCUT2D eigenvalue weighted by Crippen LogP contribution is -1.86. The normalized spacial score (nSPS) is 11.0. The minimum Gasteiger partial charge on any atom is -0.508 e. The van der Waals surface area contributed by atoms with E-state index in [2.05, 4.69) is 16.0 Å². The molecular weight excluding hydrogens is 346 g/mol. The van der Waals surface area contributed by atoms with Crippen molar-refractivity contribution < 1.29 is 5.11 Å². The summed E-state index contributed by atoms with van der Waals surface area (Å²) in [6.45, 7) is 0. The van der Waals surface area contributed by atoms with Crippen LogP contribution in [0.2, 0.25) is 0 Å². The quantitative estimate of drug-likeness (QED) is 0.434. The third-order valence-corrected chi connectivity index (χ3v) is 4.84. The average Bonchev–Trinajstić information content (AvgIpc) is 3.20. The Kier molecular flexibility index (Phi) is 3.87. The first-order chi connectivity index (χ1) is 13.8. The molecule has 0 aliphatic heterocycles. The van der Waals surface area contributed by atoms with E-state index < -0.39 is 0 Å². The van der Waals surface area contributed by atoms with Gasteiger partial charge >= 0.3 is 0 Å². The molecule has 0 bridgehead atoms. The van der Waals surface area contributed by atoms with Crippen LogP contribution >= 0.6 is 0 Å². The van der Waals surface area contributed by atoms with E-state index in [1.54, 1.807) is 24.5 Å². The van der Waals surface area contributed by atoms with Gasteiger partial charge in [0.1, 0.15) is 11.6 Å². The lowest BCUT2D eigenvalue weighted by Gasteiger charge is -2.08. The second-order valence-electron chi connectivity index (χ2n) is 6.62. The van der Waals surface area contributed by atoms with E-state index in [0.29, 0.717) is 0 Å². The number of H-pyrrole nitrogens is 1. The van der Waals surface area contributed by atoms with E-state index in [-0.39, 0.29) is 5.75 Å². The lowest BCUT2D eigenvalue weighted by molar-refractivity contribution is 0.476. The molecule has 0 spiro atoms. The van der Waals surface area contributed by atoms with E-state index in [1.165, 1.54) is 0 Å². The second kappa shape index (κ2) is 6.67. The number of hydrogen-bond donors (Lipinski definition) is 2. The number of imidazole rings is 1. The Morgan fingerprint density at radius 3 is 2.39 bits per heavy atom. The van der Waals surface area contributed by atoms with E-state index in [4.69, 9.17) is 4.98 Å². The highest BCUT2D eigenvalue weighted by Gasteiger charge is 2.17. The highest BCUT2D eigenvalue weighted by molar-refractivity contribution is 5.99. The molecule has 2 heterocycles. The largest absolute Gasteiger partial charge is 0.508 e. The monoisotopic (exact) mass is 363 g/mol. The van der Waals surface area contributed by atoms with E-state index in [1.807, 2.05) is 60.7 Å². The second-order valence-corrected chi connectivity index (χ2v) is 6.62. The number of nitrogens with one attached hydrogen (secondary N) is 1. The Morgan fingerprint density at radius 2 is 1.57 bits per heavy atom. The molecule has 0 radical (unpaired) electrons. The van der Waals surface area contributed by atoms with Gasteiger partial charge in [-0.15, -0.1) is 0 Å². The molecule has 0 saturated carbocycles. The van der Waals surface area contributed by atoms with Crippen molar-refractivity contribution in [3.05, 3.63) is 91.3 Å². The van der Waals surface area contributed by atoms with Gasteiger partial charge in [0.15, 0.2) is 0 Å². The van der Waals surface area contributed by atoms with Crippen LogP contribution < -0.4 is 0 Å². The summed E-state index contributed by atoms with van der Waals surface area (Å²) in [6, 6.07) is 25.5. The number of phenolic OH excluding ortho intramolecular Hbond substituents is 1. The molecule has 3 aromatic carbocycles. The number of rotatable bonds is 3. The number of aromatic hydroxyl groups is 1. The Morgan fingerprint density at radius 1 is 0.750 bits per heavy atom. The Hall–Kier alpha value is -3.92. The van der Waals surface area contributed by atoms with E-state index in [9.17, 15) is 5.11 Å². The smallest absolute Gasteiger partial charge is 0.138 e. The average molecular weight is 363 g/mol. The van der Waals surface area contributed by atoms with Crippen LogP contribution in [0, 0.1) is 0 Å². The van der Waals surface area contributed by atoms with Crippen LogP contribution in [-0.4, -0.2) is 20.1 Å². The summed E-state index contributed by atoms with van der Waals surface area (Å²) in [4.78, 5) is 12.6. The first-order valence-corrected chi connectivity index (χ1v) is 9.07. The number of fused-ring (bicyclic) bond motifs is 1. The van der Waals surface area contributed by atoms with Gasteiger partial charge in [0.2, 0.25) is 0 Å². The number of aromatic nitrogens is 3. The molecule has 134 valence electrons. The molecule has 4 heteroatoms. The number of aromatic amines is 1. The molecule has 0 aliphatic carbocycles. The van der Waals surface area contributed by atoms with Crippen LogP contribution in [0.25, 0.3) is 44.7 Å². The minimum atomic E-state index is 0.244. The third-order valence-electron chi connectivity index (χ3n) is 4.84. The van der Waals surface area contributed by atoms with Crippen LogP contribution in [0.15, 0.2) is 91.3 Å². The maximum Gasteiger partial charge on any atom is 0.138 e. The van der Waals surface area contributed by atoms with Gasteiger partial charge in [-0.05, 0) is 35.0 Å². The third kappa shape index (κ3) is 2.81. The van der Waals surface area contributed by atoms with Gasteiger partial charge in [0.25, 0.3) is 0 Å². The SMILES string of the molecule is Oc1ccc2cccc(-c3[nH]c(-c4ccccc4)nc3-c3ccncc3)c2c1. The van der Waals surface area contributed by atoms with Crippen molar-refractivity contribution in [3.8, 4) is 39.7 Å². The molecule has 4 nitrogen and oxygen atoms in total. The van der Waals surface area contributed by atoms with Crippen molar-refractivity contribution in [2.45, 2.75) is 0 Å². The number of nitrogens with zero attached hydrogens (tertiary/aromatic N) is 2. The van der Waals surface area contributed by atoms with Gasteiger partial charge in [0, 0.05) is 29.1 Å². The molecule has 28 heavy (non-hydrogen) atoms. The molecule has 2 N–H and O–H groups in total. The maximum absolute atomic E-state index is 10.0. The molecule has 0 amide bonds. The topological polar surface area (TPSA) is 61.8 Å². The molecule has 5 aromatic rings. The Bertz CT molecular complexity index is 1260. The zero-order chi connectivity index (χ0) is 18.9. The van der Waals surface area contributed by atoms with Crippen molar-refractivity contribution in [1.82, 2.24) is 15.0 Å². The zero-order valence-electron chi connectivity index (χ0n) is 15.0. The molecule has 0 aliphatic rings. The van der Waals surface area contributed by atoms with E-state index in [0.717, 1.165) is 44.7 Å². The fraction of sp³-hybridized carbons (Fsp3) is 0. The molecule has 0 unspecified atom stereocenters. The highest BCUT2D eigenvalue weighted by atomic mass is 16.3. The van der Waals surface area contributed by atoms with Crippen LogP contribution in [0.1, 0.15) is 0 Å². The fourth-order valence-electron chi connectivity index (χ4n) is 3.50. The van der Waals surface area contributed by atoms with Crippen LogP contribution in [0.4, 0.5) is 0 Å². The number of phenols is 1. The Balaban J connectivity index is 1.80. The molecule has 2 aromatic heterocycles. The summed E-state index contributed by atoms with van der Waals surface area (Å²) in [5, 5.41) is 12.1. The predicted molar refractivity (Wildman–Crippen MR) is 112 cm³/mol. The maximum atomic E-state index is 10.0. The van der Waals surface area contributed by atoms with Crippen molar-refractivity contribution in [2.24, 2.45) is 0 Å². The predicted octanol–water partition coefficient (Wildman–Crippen LogP) is 5.66. The Labute approximate surface area is 162 Å². The molecule has 5 rings (SSSR count). The van der Waals surface area contributed by atoms with Crippen LogP contribution in [0.3, 0.4) is 0 Å². The van der Waals surface area contributed by atoms with Gasteiger partial charge in [0.05, 0.1) is 11.4 Å². The van der Waals surface area contributed by atoms with Crippen LogP contribution in [-0.2, 0) is 0 Å². The van der Waals surface area contributed by atoms with Crippen LogP contribution in [0.5, 0.6) is 5.75 Å². The van der Waals surface area contributed by atoms with Crippen molar-refractivity contribution in [1.29, 1.82) is 0 Å². The van der Waals surface area contributed by atoms with Gasteiger partial charge in [-0.1, -0.05) is 54.6 Å².